The quantitative estimate of drug-likeness (QED) is 0.842. The number of para-hydroxylation sites is 1. The maximum atomic E-state index is 13.4. The maximum absolute atomic E-state index is 13.4. The molecule has 2 saturated heterocycles. The van der Waals surface area contributed by atoms with Crippen LogP contribution in [0.4, 0.5) is 0 Å². The average molecular weight is 340 g/mol. The third-order valence-corrected chi connectivity index (χ3v) is 5.53. The van der Waals surface area contributed by atoms with Gasteiger partial charge < -0.3 is 14.4 Å². The number of aromatic nitrogens is 1. The number of benzene rings is 1. The first kappa shape index (κ1) is 16.3. The third kappa shape index (κ3) is 2.97. The first-order valence-electron chi connectivity index (χ1n) is 9.01. The van der Waals surface area contributed by atoms with Crippen LogP contribution in [0.15, 0.2) is 30.5 Å². The van der Waals surface area contributed by atoms with Crippen LogP contribution in [0, 0.1) is 5.41 Å². The largest absolute Gasteiger partial charge is 0.494 e. The van der Waals surface area contributed by atoms with Crippen LogP contribution in [0.3, 0.4) is 0 Å². The molecule has 4 rings (SSSR count). The Hall–Kier alpha value is -2.14. The summed E-state index contributed by atoms with van der Waals surface area (Å²) in [6.45, 7) is 3.18. The Morgan fingerprint density at radius 3 is 2.92 bits per heavy atom. The molecular formula is C20H24N2O3. The van der Waals surface area contributed by atoms with Gasteiger partial charge in [-0.05, 0) is 31.7 Å². The van der Waals surface area contributed by atoms with Crippen LogP contribution in [-0.2, 0) is 4.74 Å². The summed E-state index contributed by atoms with van der Waals surface area (Å²) < 4.78 is 11.2. The van der Waals surface area contributed by atoms with E-state index >= 15 is 0 Å². The number of methoxy groups -OCH3 is 1. The predicted octanol–water partition coefficient (Wildman–Crippen LogP) is 3.28. The summed E-state index contributed by atoms with van der Waals surface area (Å²) in [5.41, 5.74) is 1.57. The van der Waals surface area contributed by atoms with Crippen LogP contribution < -0.4 is 4.74 Å². The Labute approximate surface area is 147 Å². The van der Waals surface area contributed by atoms with Gasteiger partial charge >= 0.3 is 0 Å². The number of pyridine rings is 1. The lowest BCUT2D eigenvalue weighted by atomic mass is 9.75. The van der Waals surface area contributed by atoms with E-state index in [1.165, 1.54) is 0 Å². The molecule has 0 bridgehead atoms. The molecule has 0 aliphatic carbocycles. The van der Waals surface area contributed by atoms with E-state index in [9.17, 15) is 4.79 Å². The molecule has 0 saturated carbocycles. The topological polar surface area (TPSA) is 51.7 Å². The fourth-order valence-corrected chi connectivity index (χ4v) is 4.27. The van der Waals surface area contributed by atoms with Crippen molar-refractivity contribution in [3.63, 3.8) is 0 Å². The number of hydrogen-bond acceptors (Lipinski definition) is 4. The summed E-state index contributed by atoms with van der Waals surface area (Å²) >= 11 is 0. The Morgan fingerprint density at radius 2 is 2.12 bits per heavy atom. The van der Waals surface area contributed by atoms with Gasteiger partial charge in [-0.3, -0.25) is 9.78 Å². The molecule has 1 unspecified atom stereocenters. The number of carbonyl (C=O) groups excluding carboxylic acids is 1. The van der Waals surface area contributed by atoms with Crippen molar-refractivity contribution in [1.29, 1.82) is 0 Å². The van der Waals surface area contributed by atoms with Crippen LogP contribution in [0.25, 0.3) is 10.9 Å². The molecule has 3 heterocycles. The summed E-state index contributed by atoms with van der Waals surface area (Å²) in [5, 5.41) is 0.853. The van der Waals surface area contributed by atoms with Gasteiger partial charge in [-0.25, -0.2) is 0 Å². The first-order chi connectivity index (χ1) is 12.2. The predicted molar refractivity (Wildman–Crippen MR) is 95.9 cm³/mol. The van der Waals surface area contributed by atoms with Gasteiger partial charge in [0.05, 0.1) is 31.0 Å². The van der Waals surface area contributed by atoms with Gasteiger partial charge in [0, 0.05) is 30.5 Å². The van der Waals surface area contributed by atoms with Crippen LogP contribution in [0.2, 0.25) is 0 Å². The standard InChI is InChI=1S/C20H24N2O3/c1-24-17-12-21-16-7-3-2-6-15(16)18(17)19(23)22-10-4-8-20(13-22)9-5-11-25-14-20/h2-3,6-7,12H,4-5,8-11,13-14H2,1H3. The molecule has 0 radical (unpaired) electrons. The Balaban J connectivity index is 1.69. The molecule has 2 aromatic rings. The van der Waals surface area contributed by atoms with Gasteiger partial charge in [-0.1, -0.05) is 18.2 Å². The van der Waals surface area contributed by atoms with Crippen LogP contribution in [0.5, 0.6) is 5.75 Å². The van der Waals surface area contributed by atoms with Crippen LogP contribution >= 0.6 is 0 Å². The zero-order valence-corrected chi connectivity index (χ0v) is 14.7. The SMILES string of the molecule is COc1cnc2ccccc2c1C(=O)N1CCCC2(CCCOC2)C1. The van der Waals surface area contributed by atoms with Crippen molar-refractivity contribution in [3.05, 3.63) is 36.0 Å². The van der Waals surface area contributed by atoms with Crippen molar-refractivity contribution in [2.75, 3.05) is 33.4 Å². The van der Waals surface area contributed by atoms with Gasteiger partial charge in [0.1, 0.15) is 0 Å². The molecule has 132 valence electrons. The zero-order chi connectivity index (χ0) is 17.3. The van der Waals surface area contributed by atoms with E-state index in [1.807, 2.05) is 29.2 Å². The van der Waals surface area contributed by atoms with E-state index in [2.05, 4.69) is 4.98 Å². The van der Waals surface area contributed by atoms with Crippen molar-refractivity contribution in [3.8, 4) is 5.75 Å². The minimum atomic E-state index is 0.0418. The number of amides is 1. The van der Waals surface area contributed by atoms with E-state index in [1.54, 1.807) is 13.3 Å². The molecule has 2 aliphatic heterocycles. The molecule has 1 atom stereocenters. The average Bonchev–Trinajstić information content (AvgIpc) is 2.67. The van der Waals surface area contributed by atoms with E-state index in [0.717, 1.165) is 62.9 Å². The lowest BCUT2D eigenvalue weighted by Crippen LogP contribution is -2.49. The molecular weight excluding hydrogens is 316 g/mol. The van der Waals surface area contributed by atoms with E-state index < -0.39 is 0 Å². The lowest BCUT2D eigenvalue weighted by Gasteiger charge is -2.45. The summed E-state index contributed by atoms with van der Waals surface area (Å²) in [5.74, 6) is 0.586. The van der Waals surface area contributed by atoms with E-state index in [-0.39, 0.29) is 11.3 Å². The number of piperidine rings is 1. The number of ether oxygens (including phenoxy) is 2. The summed E-state index contributed by atoms with van der Waals surface area (Å²) in [6.07, 6.45) is 6.05. The van der Waals surface area contributed by atoms with Crippen molar-refractivity contribution in [2.24, 2.45) is 5.41 Å². The Kier molecular flexibility index (Phi) is 4.34. The van der Waals surface area contributed by atoms with Crippen LogP contribution in [0.1, 0.15) is 36.0 Å². The molecule has 2 aliphatic rings. The van der Waals surface area contributed by atoms with E-state index in [4.69, 9.17) is 9.47 Å². The highest BCUT2D eigenvalue weighted by Crippen LogP contribution is 2.38. The van der Waals surface area contributed by atoms with Crippen molar-refractivity contribution >= 4 is 16.8 Å². The first-order valence-corrected chi connectivity index (χ1v) is 9.01. The fraction of sp³-hybridized carbons (Fsp3) is 0.500. The van der Waals surface area contributed by atoms with Crippen molar-refractivity contribution in [2.45, 2.75) is 25.7 Å². The molecule has 25 heavy (non-hydrogen) atoms. The zero-order valence-electron chi connectivity index (χ0n) is 14.7. The summed E-state index contributed by atoms with van der Waals surface area (Å²) in [6, 6.07) is 7.75. The summed E-state index contributed by atoms with van der Waals surface area (Å²) in [4.78, 5) is 19.8. The Bertz CT molecular complexity index is 778. The van der Waals surface area contributed by atoms with Gasteiger partial charge in [-0.2, -0.15) is 0 Å². The number of likely N-dealkylation sites (tertiary alicyclic amines) is 1. The number of carbonyl (C=O) groups is 1. The number of fused-ring (bicyclic) bond motifs is 1. The highest BCUT2D eigenvalue weighted by Gasteiger charge is 2.39. The van der Waals surface area contributed by atoms with Crippen LogP contribution in [-0.4, -0.2) is 49.2 Å². The minimum Gasteiger partial charge on any atom is -0.494 e. The molecule has 1 spiro atoms. The van der Waals surface area contributed by atoms with Gasteiger partial charge in [0.2, 0.25) is 0 Å². The second kappa shape index (κ2) is 6.64. The number of hydrogen-bond donors (Lipinski definition) is 0. The molecule has 1 aromatic heterocycles. The molecule has 5 heteroatoms. The molecule has 5 nitrogen and oxygen atoms in total. The third-order valence-electron chi connectivity index (χ3n) is 5.53. The maximum Gasteiger partial charge on any atom is 0.258 e. The van der Waals surface area contributed by atoms with Gasteiger partial charge in [0.15, 0.2) is 5.75 Å². The second-order valence-corrected chi connectivity index (χ2v) is 7.21. The number of nitrogens with zero attached hydrogens (tertiary/aromatic N) is 2. The smallest absolute Gasteiger partial charge is 0.258 e. The number of rotatable bonds is 2. The summed E-state index contributed by atoms with van der Waals surface area (Å²) in [7, 11) is 1.59. The van der Waals surface area contributed by atoms with Gasteiger partial charge in [0.25, 0.3) is 5.91 Å². The highest BCUT2D eigenvalue weighted by molar-refractivity contribution is 6.08. The van der Waals surface area contributed by atoms with E-state index in [0.29, 0.717) is 11.3 Å². The highest BCUT2D eigenvalue weighted by atomic mass is 16.5. The molecule has 2 fully saturated rings. The Morgan fingerprint density at radius 1 is 1.28 bits per heavy atom. The van der Waals surface area contributed by atoms with Crippen molar-refractivity contribution < 1.29 is 14.3 Å². The monoisotopic (exact) mass is 340 g/mol. The molecule has 1 aromatic carbocycles. The normalized spacial score (nSPS) is 23.8. The second-order valence-electron chi connectivity index (χ2n) is 7.21. The minimum absolute atomic E-state index is 0.0418. The fourth-order valence-electron chi connectivity index (χ4n) is 4.27. The van der Waals surface area contributed by atoms with Gasteiger partial charge in [-0.15, -0.1) is 0 Å². The molecule has 0 N–H and O–H groups in total. The molecule has 1 amide bonds. The lowest BCUT2D eigenvalue weighted by molar-refractivity contribution is -0.0434. The van der Waals surface area contributed by atoms with Crippen molar-refractivity contribution in [1.82, 2.24) is 9.88 Å².